The van der Waals surface area contributed by atoms with Gasteiger partial charge in [-0.15, -0.1) is 0 Å². The third-order valence-corrected chi connectivity index (χ3v) is 0. The first-order valence-electron chi connectivity index (χ1n) is 1.52. The molecule has 0 aliphatic rings. The fourth-order valence-electron chi connectivity index (χ4n) is 0. The van der Waals surface area contributed by atoms with Gasteiger partial charge in [-0.2, -0.15) is 0 Å². The summed E-state index contributed by atoms with van der Waals surface area (Å²) in [6, 6.07) is 0. The van der Waals surface area contributed by atoms with E-state index < -0.39 is 13.2 Å². The molecule has 0 aromatic rings. The normalized spacial score (nSPS) is 15.2. The van der Waals surface area contributed by atoms with Crippen LogP contribution in [0.5, 0.6) is 0 Å². The van der Waals surface area contributed by atoms with Gasteiger partial charge >= 0.3 is 34.8 Å². The standard InChI is InChI=1S/C3H10OSe/c1-5(2,3)4/h5H,1-3H3. The topological polar surface area (TPSA) is 23.1 Å². The monoisotopic (exact) mass is 142 g/mol. The van der Waals surface area contributed by atoms with Crippen LogP contribution in [0, 0.1) is 0 Å². The summed E-state index contributed by atoms with van der Waals surface area (Å²) in [5.74, 6) is 5.41. The molecule has 5 heavy (non-hydrogen) atoms. The Bertz CT molecular complexity index is 22.4. The van der Waals surface area contributed by atoms with E-state index in [1.165, 1.54) is 0 Å². The average Bonchev–Trinajstić information content (AvgIpc) is 0.722. The van der Waals surface area contributed by atoms with Crippen LogP contribution >= 0.6 is 0 Å². The Hall–Kier alpha value is 0.479. The predicted molar refractivity (Wildman–Crippen MR) is 24.7 cm³/mol. The van der Waals surface area contributed by atoms with Crippen molar-refractivity contribution in [3.8, 4) is 0 Å². The minimum atomic E-state index is -2.12. The second kappa shape index (κ2) is 1.29. The van der Waals surface area contributed by atoms with Gasteiger partial charge in [0.25, 0.3) is 0 Å². The van der Waals surface area contributed by atoms with E-state index in [4.69, 9.17) is 0 Å². The zero-order chi connectivity index (χ0) is 4.50. The van der Waals surface area contributed by atoms with Crippen molar-refractivity contribution in [2.45, 2.75) is 17.5 Å². The van der Waals surface area contributed by atoms with Gasteiger partial charge < -0.3 is 0 Å². The maximum atomic E-state index is 10.3. The summed E-state index contributed by atoms with van der Waals surface area (Å²) in [7, 11) is 0. The summed E-state index contributed by atoms with van der Waals surface area (Å²) in [6.07, 6.45) is 0. The third kappa shape index (κ3) is 120. The number of rotatable bonds is 0. The molecule has 0 aromatic heterocycles. The van der Waals surface area contributed by atoms with Crippen LogP contribution in [0.4, 0.5) is 0 Å². The van der Waals surface area contributed by atoms with E-state index in [0.29, 0.717) is 0 Å². The molecule has 0 radical (unpaired) electrons. The minimum absolute atomic E-state index is 1.80. The molecule has 1 nitrogen and oxygen atoms in total. The van der Waals surface area contributed by atoms with Crippen LogP contribution in [0.15, 0.2) is 0 Å². The van der Waals surface area contributed by atoms with Gasteiger partial charge in [-0.3, -0.25) is 0 Å². The van der Waals surface area contributed by atoms with Gasteiger partial charge in [-0.05, 0) is 0 Å². The van der Waals surface area contributed by atoms with Gasteiger partial charge in [0.15, 0.2) is 0 Å². The van der Waals surface area contributed by atoms with Gasteiger partial charge in [0, 0.05) is 0 Å². The third-order valence-electron chi connectivity index (χ3n) is 0. The molecule has 0 spiro atoms. The van der Waals surface area contributed by atoms with Gasteiger partial charge in [-0.25, -0.2) is 0 Å². The van der Waals surface area contributed by atoms with Crippen molar-refractivity contribution in [1.82, 2.24) is 0 Å². The average molecular weight is 141 g/mol. The predicted octanol–water partition coefficient (Wildman–Crippen LogP) is -0.0861. The van der Waals surface area contributed by atoms with Crippen LogP contribution in [-0.4, -0.2) is 13.2 Å². The number of hydrogen-bond donors (Lipinski definition) is 0. The molecule has 0 heterocycles. The molecule has 0 atom stereocenters. The van der Waals surface area contributed by atoms with Crippen molar-refractivity contribution in [2.24, 2.45) is 0 Å². The Morgan fingerprint density at radius 1 is 1.20 bits per heavy atom. The van der Waals surface area contributed by atoms with Crippen molar-refractivity contribution in [3.05, 3.63) is 0 Å². The molecule has 0 N–H and O–H groups in total. The second-order valence-electron chi connectivity index (χ2n) is 1.89. The molecule has 0 aromatic carbocycles. The first-order valence-corrected chi connectivity index (χ1v) is 7.92. The Kier molecular flexibility index (Phi) is 1.42. The van der Waals surface area contributed by atoms with E-state index in [2.05, 4.69) is 0 Å². The molecule has 0 bridgehead atoms. The van der Waals surface area contributed by atoms with E-state index in [-0.39, 0.29) is 0 Å². The summed E-state index contributed by atoms with van der Waals surface area (Å²) >= 11 is -2.12. The molecule has 0 rings (SSSR count). The van der Waals surface area contributed by atoms with Crippen molar-refractivity contribution in [3.63, 3.8) is 0 Å². The SMILES string of the molecule is C[SeH+](C)(C)[O-]. The molecule has 0 saturated heterocycles. The van der Waals surface area contributed by atoms with Crippen molar-refractivity contribution < 1.29 is 4.19 Å². The fraction of sp³-hybridized carbons (Fsp3) is 1.00. The van der Waals surface area contributed by atoms with E-state index in [1.54, 1.807) is 17.5 Å². The Morgan fingerprint density at radius 3 is 1.20 bits per heavy atom. The van der Waals surface area contributed by atoms with E-state index in [0.717, 1.165) is 0 Å². The molecule has 0 amide bonds. The maximum absolute atomic E-state index is 10.3. The van der Waals surface area contributed by atoms with Crippen molar-refractivity contribution >= 4 is 13.2 Å². The van der Waals surface area contributed by atoms with E-state index in [9.17, 15) is 4.19 Å². The molecular weight excluding hydrogens is 131 g/mol. The van der Waals surface area contributed by atoms with Crippen LogP contribution < -0.4 is 4.19 Å². The summed E-state index contributed by atoms with van der Waals surface area (Å²) in [6.45, 7) is 0. The van der Waals surface area contributed by atoms with Crippen LogP contribution in [0.25, 0.3) is 0 Å². The molecule has 2 heteroatoms. The molecule has 0 aliphatic heterocycles. The molecule has 0 unspecified atom stereocenters. The summed E-state index contributed by atoms with van der Waals surface area (Å²) in [4.78, 5) is 0. The molecule has 34 valence electrons. The Labute approximate surface area is 35.6 Å². The van der Waals surface area contributed by atoms with E-state index >= 15 is 0 Å². The van der Waals surface area contributed by atoms with E-state index in [1.807, 2.05) is 0 Å². The van der Waals surface area contributed by atoms with Gasteiger partial charge in [0.2, 0.25) is 0 Å². The van der Waals surface area contributed by atoms with Crippen LogP contribution in [0.2, 0.25) is 17.5 Å². The zero-order valence-electron chi connectivity index (χ0n) is 3.86. The quantitative estimate of drug-likeness (QED) is 0.432. The van der Waals surface area contributed by atoms with Crippen LogP contribution in [0.3, 0.4) is 0 Å². The summed E-state index contributed by atoms with van der Waals surface area (Å²) in [5.41, 5.74) is 0. The first-order chi connectivity index (χ1) is 2.00. The van der Waals surface area contributed by atoms with Crippen molar-refractivity contribution in [2.75, 3.05) is 0 Å². The van der Waals surface area contributed by atoms with Gasteiger partial charge in [0.05, 0.1) is 0 Å². The van der Waals surface area contributed by atoms with Gasteiger partial charge in [-0.1, -0.05) is 0 Å². The molecule has 0 aliphatic carbocycles. The number of hydrogen-bond acceptors (Lipinski definition) is 1. The second-order valence-corrected chi connectivity index (χ2v) is 9.82. The fourth-order valence-corrected chi connectivity index (χ4v) is 0. The Morgan fingerprint density at radius 2 is 1.20 bits per heavy atom. The molecule has 0 saturated carbocycles. The Balaban J connectivity index is 3.02. The van der Waals surface area contributed by atoms with Crippen LogP contribution in [0.1, 0.15) is 0 Å². The molecular formula is C3H10OSe. The summed E-state index contributed by atoms with van der Waals surface area (Å²) in [5, 5.41) is 0. The zero-order valence-corrected chi connectivity index (χ0v) is 5.73. The summed E-state index contributed by atoms with van der Waals surface area (Å²) < 4.78 is 10.3. The van der Waals surface area contributed by atoms with Crippen molar-refractivity contribution in [1.29, 1.82) is 0 Å². The first kappa shape index (κ1) is 5.48. The van der Waals surface area contributed by atoms with Gasteiger partial charge in [0.1, 0.15) is 0 Å². The molecule has 0 fully saturated rings. The van der Waals surface area contributed by atoms with Crippen LogP contribution in [-0.2, 0) is 0 Å².